The predicted octanol–water partition coefficient (Wildman–Crippen LogP) is 1.18. The molecule has 162 valence electrons. The zero-order valence-corrected chi connectivity index (χ0v) is 18.1. The average molecular weight is 488 g/mol. The van der Waals surface area contributed by atoms with Crippen molar-refractivity contribution in [3.8, 4) is 0 Å². The lowest BCUT2D eigenvalue weighted by molar-refractivity contribution is -0.142. The van der Waals surface area contributed by atoms with E-state index in [1.54, 1.807) is 18.2 Å². The van der Waals surface area contributed by atoms with Gasteiger partial charge < -0.3 is 21.1 Å². The van der Waals surface area contributed by atoms with Crippen molar-refractivity contribution in [2.45, 2.75) is 37.4 Å². The average Bonchev–Trinajstić information content (AvgIpc) is 2.72. The Bertz CT molecular complexity index is 982. The summed E-state index contributed by atoms with van der Waals surface area (Å²) in [5.41, 5.74) is 1.63. The minimum Gasteiger partial charge on any atom is -0.480 e. The van der Waals surface area contributed by atoms with E-state index in [9.17, 15) is 24.3 Å². The van der Waals surface area contributed by atoms with Gasteiger partial charge in [0.25, 0.3) is 0 Å². The third kappa shape index (κ3) is 6.39. The van der Waals surface area contributed by atoms with Crippen LogP contribution in [0.5, 0.6) is 0 Å². The highest BCUT2D eigenvalue weighted by atomic mass is 79.9. The van der Waals surface area contributed by atoms with Crippen LogP contribution in [0.3, 0.4) is 0 Å². The number of benzene rings is 2. The molecule has 1 aliphatic heterocycles. The first kappa shape index (κ1) is 22.5. The summed E-state index contributed by atoms with van der Waals surface area (Å²) in [7, 11) is 0. The molecular weight excluding hydrogens is 466 g/mol. The minimum atomic E-state index is -1.19. The highest BCUT2D eigenvalue weighted by Gasteiger charge is 2.35. The summed E-state index contributed by atoms with van der Waals surface area (Å²) in [6.07, 6.45) is 0.0752. The van der Waals surface area contributed by atoms with E-state index in [1.165, 1.54) is 0 Å². The van der Waals surface area contributed by atoms with Gasteiger partial charge in [-0.1, -0.05) is 58.4 Å². The number of rotatable bonds is 8. The third-order valence-corrected chi connectivity index (χ3v) is 5.39. The molecule has 31 heavy (non-hydrogen) atoms. The molecule has 3 amide bonds. The quantitative estimate of drug-likeness (QED) is 0.444. The van der Waals surface area contributed by atoms with Gasteiger partial charge in [-0.25, -0.2) is 4.79 Å². The second-order valence-electron chi connectivity index (χ2n) is 7.31. The van der Waals surface area contributed by atoms with E-state index in [-0.39, 0.29) is 18.7 Å². The highest BCUT2D eigenvalue weighted by Crippen LogP contribution is 2.14. The Hall–Kier alpha value is -3.20. The smallest absolute Gasteiger partial charge is 0.326 e. The summed E-state index contributed by atoms with van der Waals surface area (Å²) in [4.78, 5) is 48.7. The summed E-state index contributed by atoms with van der Waals surface area (Å²) in [5.74, 6) is -2.68. The summed E-state index contributed by atoms with van der Waals surface area (Å²) >= 11 is 3.32. The van der Waals surface area contributed by atoms with Crippen LogP contribution in [0.15, 0.2) is 59.1 Å². The molecule has 0 spiro atoms. The van der Waals surface area contributed by atoms with E-state index < -0.39 is 35.9 Å². The molecule has 0 bridgehead atoms. The van der Waals surface area contributed by atoms with E-state index >= 15 is 0 Å². The molecule has 3 rings (SSSR count). The number of hydrogen-bond donors (Lipinski definition) is 4. The van der Waals surface area contributed by atoms with Gasteiger partial charge in [0, 0.05) is 17.3 Å². The molecular formula is C22H22BrN3O5. The van der Waals surface area contributed by atoms with Crippen molar-refractivity contribution in [3.63, 3.8) is 0 Å². The number of carboxylic acids is 1. The lowest BCUT2D eigenvalue weighted by atomic mass is 10.0. The molecule has 1 aliphatic rings. The first-order valence-electron chi connectivity index (χ1n) is 9.73. The number of halogens is 1. The number of carbonyl (C=O) groups excluding carboxylic acids is 3. The number of nitrogens with one attached hydrogen (secondary N) is 3. The van der Waals surface area contributed by atoms with Gasteiger partial charge in [-0.15, -0.1) is 0 Å². The fourth-order valence-electron chi connectivity index (χ4n) is 3.35. The number of amides is 3. The molecule has 1 saturated heterocycles. The lowest BCUT2D eigenvalue weighted by Crippen LogP contribution is -2.63. The van der Waals surface area contributed by atoms with Crippen molar-refractivity contribution in [1.29, 1.82) is 0 Å². The van der Waals surface area contributed by atoms with E-state index in [0.29, 0.717) is 6.42 Å². The summed E-state index contributed by atoms with van der Waals surface area (Å²) in [6.45, 7) is 0. The topological polar surface area (TPSA) is 125 Å². The van der Waals surface area contributed by atoms with Crippen LogP contribution < -0.4 is 16.0 Å². The molecule has 0 unspecified atom stereocenters. The normalized spacial score (nSPS) is 19.1. The number of carbonyl (C=O) groups is 4. The number of piperazine rings is 1. The Balaban J connectivity index is 1.56. The molecule has 2 aromatic carbocycles. The monoisotopic (exact) mass is 487 g/mol. The van der Waals surface area contributed by atoms with E-state index in [1.807, 2.05) is 36.4 Å². The van der Waals surface area contributed by atoms with Crippen molar-refractivity contribution in [1.82, 2.24) is 16.0 Å². The number of hydrogen-bond acceptors (Lipinski definition) is 4. The second-order valence-corrected chi connectivity index (χ2v) is 8.22. The molecule has 4 N–H and O–H groups in total. The van der Waals surface area contributed by atoms with Crippen LogP contribution in [0.1, 0.15) is 17.5 Å². The maximum atomic E-state index is 12.4. The van der Waals surface area contributed by atoms with Gasteiger partial charge in [-0.2, -0.15) is 0 Å². The molecule has 1 fully saturated rings. The Morgan fingerprint density at radius 1 is 0.968 bits per heavy atom. The Labute approximate surface area is 187 Å². The molecule has 0 radical (unpaired) electrons. The number of aliphatic carboxylic acids is 1. The largest absolute Gasteiger partial charge is 0.480 e. The van der Waals surface area contributed by atoms with Gasteiger partial charge in [0.05, 0.1) is 6.42 Å². The highest BCUT2D eigenvalue weighted by molar-refractivity contribution is 9.10. The van der Waals surface area contributed by atoms with Crippen molar-refractivity contribution in [3.05, 3.63) is 70.2 Å². The molecule has 0 aliphatic carbocycles. The fraction of sp³-hybridized carbons (Fsp3) is 0.273. The zero-order valence-electron chi connectivity index (χ0n) is 16.5. The van der Waals surface area contributed by atoms with Crippen molar-refractivity contribution < 1.29 is 24.3 Å². The molecule has 0 aromatic heterocycles. The lowest BCUT2D eigenvalue weighted by Gasteiger charge is -2.29. The molecule has 3 atom stereocenters. The van der Waals surface area contributed by atoms with Gasteiger partial charge in [0.1, 0.15) is 18.1 Å². The van der Waals surface area contributed by atoms with Crippen LogP contribution in [0.2, 0.25) is 0 Å². The first-order chi connectivity index (χ1) is 14.8. The van der Waals surface area contributed by atoms with Crippen molar-refractivity contribution >= 4 is 39.6 Å². The summed E-state index contributed by atoms with van der Waals surface area (Å²) in [5, 5.41) is 17.1. The van der Waals surface area contributed by atoms with Gasteiger partial charge >= 0.3 is 5.97 Å². The second kappa shape index (κ2) is 10.2. The Morgan fingerprint density at radius 2 is 1.61 bits per heavy atom. The molecule has 0 saturated carbocycles. The van der Waals surface area contributed by atoms with E-state index in [2.05, 4.69) is 31.9 Å². The zero-order chi connectivity index (χ0) is 22.4. The van der Waals surface area contributed by atoms with Crippen LogP contribution in [0.4, 0.5) is 0 Å². The summed E-state index contributed by atoms with van der Waals surface area (Å²) in [6, 6.07) is 13.4. The van der Waals surface area contributed by atoms with Crippen LogP contribution in [0.25, 0.3) is 0 Å². The van der Waals surface area contributed by atoms with Crippen LogP contribution in [-0.4, -0.2) is 46.9 Å². The van der Waals surface area contributed by atoms with E-state index in [0.717, 1.165) is 15.6 Å². The molecule has 1 heterocycles. The third-order valence-electron chi connectivity index (χ3n) is 4.90. The van der Waals surface area contributed by atoms with Crippen molar-refractivity contribution in [2.75, 3.05) is 0 Å². The first-order valence-corrected chi connectivity index (χ1v) is 10.5. The van der Waals surface area contributed by atoms with Gasteiger partial charge in [0.15, 0.2) is 0 Å². The number of carboxylic acid groups (broad SMARTS) is 1. The van der Waals surface area contributed by atoms with Crippen LogP contribution in [0, 0.1) is 0 Å². The standard InChI is InChI=1S/C22H22BrN3O5/c23-15-8-4-7-14(9-15)11-18(22(30)31)24-19(27)12-17-21(29)25-16(20(28)26-17)10-13-5-2-1-3-6-13/h1-9,16-18H,10-12H2,(H,24,27)(H,25,29)(H,26,28)(H,30,31)/t16-,17-,18-/m0/s1. The Morgan fingerprint density at radius 3 is 2.29 bits per heavy atom. The maximum Gasteiger partial charge on any atom is 0.326 e. The van der Waals surface area contributed by atoms with Crippen LogP contribution in [-0.2, 0) is 32.0 Å². The maximum absolute atomic E-state index is 12.4. The Kier molecular flexibility index (Phi) is 7.41. The van der Waals surface area contributed by atoms with Gasteiger partial charge in [-0.05, 0) is 23.3 Å². The van der Waals surface area contributed by atoms with Crippen LogP contribution >= 0.6 is 15.9 Å². The molecule has 2 aromatic rings. The van der Waals surface area contributed by atoms with Crippen molar-refractivity contribution in [2.24, 2.45) is 0 Å². The molecule has 9 heteroatoms. The fourth-order valence-corrected chi connectivity index (χ4v) is 3.80. The molecule has 8 nitrogen and oxygen atoms in total. The minimum absolute atomic E-state index is 0.0862. The van der Waals surface area contributed by atoms with Gasteiger partial charge in [-0.3, -0.25) is 14.4 Å². The summed E-state index contributed by atoms with van der Waals surface area (Å²) < 4.78 is 0.798. The van der Waals surface area contributed by atoms with Gasteiger partial charge in [0.2, 0.25) is 17.7 Å². The SMILES string of the molecule is O=C(C[C@@H]1NC(=O)[C@H](Cc2ccccc2)NC1=O)N[C@@H](Cc1cccc(Br)c1)C(=O)O. The van der Waals surface area contributed by atoms with E-state index in [4.69, 9.17) is 0 Å². The predicted molar refractivity (Wildman–Crippen MR) is 116 cm³/mol.